The fourth-order valence-electron chi connectivity index (χ4n) is 4.27. The van der Waals surface area contributed by atoms with Crippen LogP contribution in [0.5, 0.6) is 5.75 Å². The van der Waals surface area contributed by atoms with E-state index in [-0.39, 0.29) is 36.8 Å². The van der Waals surface area contributed by atoms with Gasteiger partial charge in [0.1, 0.15) is 17.4 Å². The molecular weight excluding hydrogens is 479 g/mol. The molecule has 12 heteroatoms. The summed E-state index contributed by atoms with van der Waals surface area (Å²) in [5.41, 5.74) is 0.472. The van der Waals surface area contributed by atoms with Gasteiger partial charge in [-0.25, -0.2) is 24.1 Å². The Morgan fingerprint density at radius 3 is 2.56 bits per heavy atom. The molecular formula is C24H20F3N5O4. The summed E-state index contributed by atoms with van der Waals surface area (Å²) in [6.07, 6.45) is 1.56. The Balaban J connectivity index is 1.48. The molecule has 1 aliphatic heterocycles. The van der Waals surface area contributed by atoms with Crippen molar-refractivity contribution in [2.75, 3.05) is 13.1 Å². The molecule has 186 valence electrons. The molecule has 0 radical (unpaired) electrons. The minimum absolute atomic E-state index is 0.0375. The molecule has 36 heavy (non-hydrogen) atoms. The number of aromatic nitrogens is 4. The lowest BCUT2D eigenvalue weighted by atomic mass is 9.93. The number of fused-ring (bicyclic) bond motifs is 1. The van der Waals surface area contributed by atoms with Crippen LogP contribution in [0.3, 0.4) is 0 Å². The summed E-state index contributed by atoms with van der Waals surface area (Å²) >= 11 is 0. The maximum absolute atomic E-state index is 15.0. The molecule has 5 rings (SSSR count). The third-order valence-electron chi connectivity index (χ3n) is 6.10. The van der Waals surface area contributed by atoms with Crippen molar-refractivity contribution in [2.45, 2.75) is 25.7 Å². The molecule has 1 fully saturated rings. The highest BCUT2D eigenvalue weighted by atomic mass is 19.3. The largest absolute Gasteiger partial charge is 0.465 e. The van der Waals surface area contributed by atoms with Crippen molar-refractivity contribution in [3.05, 3.63) is 71.8 Å². The zero-order chi connectivity index (χ0) is 25.6. The molecule has 0 saturated carbocycles. The number of ether oxygens (including phenoxy) is 1. The van der Waals surface area contributed by atoms with Gasteiger partial charge in [0.05, 0.1) is 30.7 Å². The summed E-state index contributed by atoms with van der Waals surface area (Å²) in [7, 11) is 0. The van der Waals surface area contributed by atoms with Gasteiger partial charge in [0.15, 0.2) is 11.4 Å². The van der Waals surface area contributed by atoms with Crippen LogP contribution in [0.4, 0.5) is 18.0 Å². The molecule has 9 nitrogen and oxygen atoms in total. The molecule has 0 aliphatic carbocycles. The Bertz CT molecular complexity index is 1450. The number of benzene rings is 2. The van der Waals surface area contributed by atoms with Gasteiger partial charge in [-0.2, -0.15) is 8.78 Å². The standard InChI is InChI=1S/C24H20F3N5O4/c1-13-30-18-7-17(25)16(15-8-28-21(29-9-15)24(35)11-31(12-24)23(33)34)6-19(18)32(13)10-14-4-2-3-5-20(14)36-22(26)27/h2-9,22,35H,10-12H2,1H3,(H,33,34). The minimum Gasteiger partial charge on any atom is -0.465 e. The zero-order valence-electron chi connectivity index (χ0n) is 18.9. The van der Waals surface area contributed by atoms with Crippen LogP contribution in [0.15, 0.2) is 48.8 Å². The smallest absolute Gasteiger partial charge is 0.407 e. The summed E-state index contributed by atoms with van der Waals surface area (Å²) in [4.78, 5) is 24.7. The second kappa shape index (κ2) is 8.79. The van der Waals surface area contributed by atoms with E-state index in [2.05, 4.69) is 19.7 Å². The molecule has 3 heterocycles. The van der Waals surface area contributed by atoms with Crippen LogP contribution in [0.25, 0.3) is 22.2 Å². The zero-order valence-corrected chi connectivity index (χ0v) is 18.9. The number of hydrogen-bond acceptors (Lipinski definition) is 6. The van der Waals surface area contributed by atoms with Gasteiger partial charge in [0.25, 0.3) is 0 Å². The number of carbonyl (C=O) groups is 1. The molecule has 2 aromatic carbocycles. The Labute approximate surface area is 202 Å². The third-order valence-corrected chi connectivity index (χ3v) is 6.10. The lowest BCUT2D eigenvalue weighted by Gasteiger charge is -2.43. The van der Waals surface area contributed by atoms with Crippen molar-refractivity contribution in [3.63, 3.8) is 0 Å². The van der Waals surface area contributed by atoms with Crippen LogP contribution < -0.4 is 4.74 Å². The fraction of sp³-hybridized carbons (Fsp3) is 0.250. The number of imidazole rings is 1. The van der Waals surface area contributed by atoms with Crippen molar-refractivity contribution in [3.8, 4) is 16.9 Å². The second-order valence-electron chi connectivity index (χ2n) is 8.52. The average molecular weight is 499 g/mol. The molecule has 2 aromatic heterocycles. The van der Waals surface area contributed by atoms with E-state index >= 15 is 4.39 Å². The first-order valence-corrected chi connectivity index (χ1v) is 10.9. The lowest BCUT2D eigenvalue weighted by Crippen LogP contribution is -2.61. The summed E-state index contributed by atoms with van der Waals surface area (Å²) < 4.78 is 47.1. The van der Waals surface area contributed by atoms with Crippen LogP contribution in [0.1, 0.15) is 17.2 Å². The Morgan fingerprint density at radius 1 is 1.19 bits per heavy atom. The van der Waals surface area contributed by atoms with E-state index in [1.54, 1.807) is 35.8 Å². The summed E-state index contributed by atoms with van der Waals surface area (Å²) in [5, 5.41) is 19.5. The molecule has 1 amide bonds. The summed E-state index contributed by atoms with van der Waals surface area (Å²) in [6, 6.07) is 9.26. The molecule has 2 N–H and O–H groups in total. The maximum atomic E-state index is 15.0. The molecule has 0 bridgehead atoms. The van der Waals surface area contributed by atoms with Crippen LogP contribution in [0.2, 0.25) is 0 Å². The Kier molecular flexibility index (Phi) is 5.75. The van der Waals surface area contributed by atoms with Crippen molar-refractivity contribution >= 4 is 17.1 Å². The number of halogens is 3. The number of para-hydroxylation sites is 1. The first kappa shape index (κ1) is 23.5. The van der Waals surface area contributed by atoms with Crippen molar-refractivity contribution in [2.24, 2.45) is 0 Å². The van der Waals surface area contributed by atoms with Crippen LogP contribution in [-0.2, 0) is 12.1 Å². The van der Waals surface area contributed by atoms with Crippen molar-refractivity contribution in [1.29, 1.82) is 0 Å². The number of likely N-dealkylation sites (tertiary alicyclic amines) is 1. The van der Waals surface area contributed by atoms with E-state index in [1.165, 1.54) is 24.5 Å². The van der Waals surface area contributed by atoms with Gasteiger partial charge < -0.3 is 24.4 Å². The number of rotatable bonds is 6. The monoisotopic (exact) mass is 499 g/mol. The maximum Gasteiger partial charge on any atom is 0.407 e. The van der Waals surface area contributed by atoms with Crippen LogP contribution in [-0.4, -0.2) is 60.4 Å². The number of aliphatic hydroxyl groups is 1. The van der Waals surface area contributed by atoms with Crippen molar-refractivity contribution in [1.82, 2.24) is 24.4 Å². The van der Waals surface area contributed by atoms with E-state index in [1.807, 2.05) is 0 Å². The SMILES string of the molecule is Cc1nc2cc(F)c(-c3cnc(C4(O)CN(C(=O)O)C4)nc3)cc2n1Cc1ccccc1OC(F)F. The highest BCUT2D eigenvalue weighted by Gasteiger charge is 2.47. The van der Waals surface area contributed by atoms with Crippen molar-refractivity contribution < 1.29 is 32.9 Å². The molecule has 0 spiro atoms. The van der Waals surface area contributed by atoms with E-state index < -0.39 is 24.1 Å². The Morgan fingerprint density at radius 2 is 1.89 bits per heavy atom. The lowest BCUT2D eigenvalue weighted by molar-refractivity contribution is -0.0957. The molecule has 0 unspecified atom stereocenters. The molecule has 1 aliphatic rings. The van der Waals surface area contributed by atoms with E-state index in [0.29, 0.717) is 28.0 Å². The summed E-state index contributed by atoms with van der Waals surface area (Å²) in [6.45, 7) is -1.39. The third kappa shape index (κ3) is 4.19. The van der Waals surface area contributed by atoms with Gasteiger partial charge >= 0.3 is 12.7 Å². The number of aryl methyl sites for hydroxylation is 1. The van der Waals surface area contributed by atoms with Gasteiger partial charge in [-0.1, -0.05) is 18.2 Å². The topological polar surface area (TPSA) is 114 Å². The van der Waals surface area contributed by atoms with E-state index in [0.717, 1.165) is 4.90 Å². The predicted molar refractivity (Wildman–Crippen MR) is 121 cm³/mol. The number of alkyl halides is 2. The van der Waals surface area contributed by atoms with Gasteiger partial charge in [-0.15, -0.1) is 0 Å². The predicted octanol–water partition coefficient (Wildman–Crippen LogP) is 3.77. The number of carboxylic acid groups (broad SMARTS) is 1. The number of amides is 1. The summed E-state index contributed by atoms with van der Waals surface area (Å²) in [5.74, 6) is 0.0664. The molecule has 4 aromatic rings. The van der Waals surface area contributed by atoms with Gasteiger partial charge in [-0.05, 0) is 19.1 Å². The number of hydrogen-bond donors (Lipinski definition) is 2. The van der Waals surface area contributed by atoms with Gasteiger partial charge in [0, 0.05) is 35.2 Å². The molecule has 1 saturated heterocycles. The van der Waals surface area contributed by atoms with Gasteiger partial charge in [-0.3, -0.25) is 0 Å². The fourth-order valence-corrected chi connectivity index (χ4v) is 4.27. The quantitative estimate of drug-likeness (QED) is 0.415. The second-order valence-corrected chi connectivity index (χ2v) is 8.52. The number of β-amino-alcohol motifs (C(OH)–C–C–N with tert-alkyl or cyclic N) is 1. The first-order valence-electron chi connectivity index (χ1n) is 10.9. The average Bonchev–Trinajstić information content (AvgIpc) is 3.11. The minimum atomic E-state index is -2.97. The number of nitrogens with zero attached hydrogens (tertiary/aromatic N) is 5. The molecule has 0 atom stereocenters. The normalized spacial score (nSPS) is 14.8. The highest BCUT2D eigenvalue weighted by Crippen LogP contribution is 2.32. The van der Waals surface area contributed by atoms with E-state index in [9.17, 15) is 18.7 Å². The van der Waals surface area contributed by atoms with Crippen LogP contribution in [0, 0.1) is 12.7 Å². The van der Waals surface area contributed by atoms with Gasteiger partial charge in [0.2, 0.25) is 0 Å². The van der Waals surface area contributed by atoms with E-state index in [4.69, 9.17) is 5.11 Å². The Hall–Kier alpha value is -4.19. The highest BCUT2D eigenvalue weighted by molar-refractivity contribution is 5.83. The first-order chi connectivity index (χ1) is 17.1. The van der Waals surface area contributed by atoms with Crippen LogP contribution >= 0.6 is 0 Å².